The van der Waals surface area contributed by atoms with E-state index in [2.05, 4.69) is 5.32 Å². The Hall–Kier alpha value is -1.74. The standard InChI is InChI=1S/C17H17F2N/c1-20-16(15-13(18)8-5-9-14(15)19)17(10-11-17)12-6-3-2-4-7-12/h2-9,16,20H,10-11H2,1H3. The van der Waals surface area contributed by atoms with Crippen molar-refractivity contribution in [2.45, 2.75) is 24.3 Å². The summed E-state index contributed by atoms with van der Waals surface area (Å²) < 4.78 is 28.2. The highest BCUT2D eigenvalue weighted by Crippen LogP contribution is 2.56. The molecule has 3 rings (SSSR count). The molecule has 0 bridgehead atoms. The van der Waals surface area contributed by atoms with Crippen LogP contribution in [-0.2, 0) is 5.41 Å². The Balaban J connectivity index is 2.07. The first-order valence-corrected chi connectivity index (χ1v) is 6.86. The van der Waals surface area contributed by atoms with Crippen LogP contribution in [0.5, 0.6) is 0 Å². The second kappa shape index (κ2) is 4.98. The molecule has 3 heteroatoms. The molecular weight excluding hydrogens is 256 g/mol. The zero-order valence-electron chi connectivity index (χ0n) is 11.4. The number of halogens is 2. The van der Waals surface area contributed by atoms with Crippen LogP contribution in [0, 0.1) is 11.6 Å². The second-order valence-corrected chi connectivity index (χ2v) is 5.38. The van der Waals surface area contributed by atoms with Gasteiger partial charge in [-0.1, -0.05) is 36.4 Å². The van der Waals surface area contributed by atoms with Crippen molar-refractivity contribution in [1.82, 2.24) is 5.32 Å². The third-order valence-electron chi connectivity index (χ3n) is 4.27. The quantitative estimate of drug-likeness (QED) is 0.889. The van der Waals surface area contributed by atoms with E-state index in [0.717, 1.165) is 18.4 Å². The fraction of sp³-hybridized carbons (Fsp3) is 0.294. The van der Waals surface area contributed by atoms with Crippen molar-refractivity contribution in [2.24, 2.45) is 0 Å². The number of nitrogens with one attached hydrogen (secondary N) is 1. The molecule has 20 heavy (non-hydrogen) atoms. The van der Waals surface area contributed by atoms with E-state index >= 15 is 0 Å². The second-order valence-electron chi connectivity index (χ2n) is 5.38. The van der Waals surface area contributed by atoms with Gasteiger partial charge in [0.2, 0.25) is 0 Å². The average Bonchev–Trinajstić information content (AvgIpc) is 3.25. The SMILES string of the molecule is CNC(c1c(F)cccc1F)C1(c2ccccc2)CC1. The van der Waals surface area contributed by atoms with E-state index in [-0.39, 0.29) is 17.0 Å². The molecule has 0 heterocycles. The molecule has 1 saturated carbocycles. The van der Waals surface area contributed by atoms with Crippen LogP contribution in [0.25, 0.3) is 0 Å². The number of benzene rings is 2. The minimum absolute atomic E-state index is 0.149. The molecular formula is C17H17F2N. The predicted molar refractivity (Wildman–Crippen MR) is 75.5 cm³/mol. The van der Waals surface area contributed by atoms with Gasteiger partial charge in [0, 0.05) is 17.0 Å². The number of likely N-dealkylation sites (N-methyl/N-ethyl adjacent to an activating group) is 1. The van der Waals surface area contributed by atoms with Crippen molar-refractivity contribution in [1.29, 1.82) is 0 Å². The molecule has 104 valence electrons. The van der Waals surface area contributed by atoms with Gasteiger partial charge in [0.05, 0.1) is 0 Å². The summed E-state index contributed by atoms with van der Waals surface area (Å²) in [4.78, 5) is 0. The molecule has 1 aliphatic rings. The van der Waals surface area contributed by atoms with Gasteiger partial charge in [-0.15, -0.1) is 0 Å². The van der Waals surface area contributed by atoms with E-state index < -0.39 is 11.6 Å². The maximum Gasteiger partial charge on any atom is 0.130 e. The van der Waals surface area contributed by atoms with E-state index in [1.54, 1.807) is 7.05 Å². The Morgan fingerprint density at radius 1 is 0.950 bits per heavy atom. The van der Waals surface area contributed by atoms with Crippen LogP contribution in [0.4, 0.5) is 8.78 Å². The maximum absolute atomic E-state index is 14.1. The summed E-state index contributed by atoms with van der Waals surface area (Å²) in [6.07, 6.45) is 1.88. The van der Waals surface area contributed by atoms with Crippen molar-refractivity contribution in [3.05, 3.63) is 71.3 Å². The average molecular weight is 273 g/mol. The summed E-state index contributed by atoms with van der Waals surface area (Å²) >= 11 is 0. The molecule has 2 aromatic rings. The predicted octanol–water partition coefficient (Wildman–Crippen LogP) is 3.96. The van der Waals surface area contributed by atoms with Crippen LogP contribution in [0.3, 0.4) is 0 Å². The van der Waals surface area contributed by atoms with E-state index in [9.17, 15) is 8.78 Å². The summed E-state index contributed by atoms with van der Waals surface area (Å²) in [5, 5.41) is 3.12. The molecule has 0 saturated heterocycles. The van der Waals surface area contributed by atoms with E-state index in [0.29, 0.717) is 0 Å². The van der Waals surface area contributed by atoms with Crippen molar-refractivity contribution in [3.63, 3.8) is 0 Å². The number of rotatable bonds is 4. The van der Waals surface area contributed by atoms with Crippen LogP contribution in [-0.4, -0.2) is 7.05 Å². The highest BCUT2D eigenvalue weighted by molar-refractivity contribution is 5.39. The third-order valence-corrected chi connectivity index (χ3v) is 4.27. The van der Waals surface area contributed by atoms with Gasteiger partial charge in [-0.05, 0) is 37.6 Å². The molecule has 0 aliphatic heterocycles. The topological polar surface area (TPSA) is 12.0 Å². The third kappa shape index (κ3) is 2.02. The lowest BCUT2D eigenvalue weighted by atomic mass is 9.83. The van der Waals surface area contributed by atoms with Crippen molar-refractivity contribution < 1.29 is 8.78 Å². The summed E-state index contributed by atoms with van der Waals surface area (Å²) in [5.74, 6) is -0.960. The molecule has 1 fully saturated rings. The van der Waals surface area contributed by atoms with Crippen LogP contribution in [0.2, 0.25) is 0 Å². The van der Waals surface area contributed by atoms with Crippen molar-refractivity contribution >= 4 is 0 Å². The minimum Gasteiger partial charge on any atom is -0.312 e. The van der Waals surface area contributed by atoms with Gasteiger partial charge >= 0.3 is 0 Å². The molecule has 1 aliphatic carbocycles. The Morgan fingerprint density at radius 3 is 2.05 bits per heavy atom. The fourth-order valence-electron chi connectivity index (χ4n) is 3.13. The first-order chi connectivity index (χ1) is 9.69. The molecule has 1 nitrogen and oxygen atoms in total. The summed E-state index contributed by atoms with van der Waals surface area (Å²) in [7, 11) is 1.76. The lowest BCUT2D eigenvalue weighted by Crippen LogP contribution is -2.31. The zero-order valence-corrected chi connectivity index (χ0v) is 11.4. The van der Waals surface area contributed by atoms with Crippen molar-refractivity contribution in [3.8, 4) is 0 Å². The molecule has 1 N–H and O–H groups in total. The first kappa shape index (κ1) is 13.3. The van der Waals surface area contributed by atoms with Crippen LogP contribution in [0.15, 0.2) is 48.5 Å². The van der Waals surface area contributed by atoms with Gasteiger partial charge < -0.3 is 5.32 Å². The van der Waals surface area contributed by atoms with Gasteiger partial charge in [-0.3, -0.25) is 0 Å². The Labute approximate surface area is 117 Å². The normalized spacial score (nSPS) is 17.8. The lowest BCUT2D eigenvalue weighted by molar-refractivity contribution is 0.418. The van der Waals surface area contributed by atoms with Crippen molar-refractivity contribution in [2.75, 3.05) is 7.05 Å². The zero-order chi connectivity index (χ0) is 14.2. The fourth-order valence-corrected chi connectivity index (χ4v) is 3.13. The number of hydrogen-bond acceptors (Lipinski definition) is 1. The Kier molecular flexibility index (Phi) is 3.30. The van der Waals surface area contributed by atoms with Crippen LogP contribution >= 0.6 is 0 Å². The molecule has 1 atom stereocenters. The molecule has 2 aromatic carbocycles. The summed E-state index contributed by atoms with van der Waals surface area (Å²) in [6, 6.07) is 13.7. The van der Waals surface area contributed by atoms with E-state index in [4.69, 9.17) is 0 Å². The highest BCUT2D eigenvalue weighted by Gasteiger charge is 2.52. The van der Waals surface area contributed by atoms with Gasteiger partial charge in [0.1, 0.15) is 11.6 Å². The van der Waals surface area contributed by atoms with Gasteiger partial charge in [-0.25, -0.2) is 8.78 Å². The number of hydrogen-bond donors (Lipinski definition) is 1. The Morgan fingerprint density at radius 2 is 1.55 bits per heavy atom. The first-order valence-electron chi connectivity index (χ1n) is 6.86. The lowest BCUT2D eigenvalue weighted by Gasteiger charge is -2.28. The molecule has 0 radical (unpaired) electrons. The van der Waals surface area contributed by atoms with Gasteiger partial charge in [0.15, 0.2) is 0 Å². The smallest absolute Gasteiger partial charge is 0.130 e. The van der Waals surface area contributed by atoms with Crippen LogP contribution < -0.4 is 5.32 Å². The molecule has 0 aromatic heterocycles. The van der Waals surface area contributed by atoms with E-state index in [1.165, 1.54) is 18.2 Å². The maximum atomic E-state index is 14.1. The van der Waals surface area contributed by atoms with Gasteiger partial charge in [0.25, 0.3) is 0 Å². The largest absolute Gasteiger partial charge is 0.312 e. The minimum atomic E-state index is -0.480. The highest BCUT2D eigenvalue weighted by atomic mass is 19.1. The Bertz CT molecular complexity index is 585. The van der Waals surface area contributed by atoms with Crippen LogP contribution in [0.1, 0.15) is 30.0 Å². The molecule has 1 unspecified atom stereocenters. The van der Waals surface area contributed by atoms with E-state index in [1.807, 2.05) is 30.3 Å². The summed E-state index contributed by atoms with van der Waals surface area (Å²) in [6.45, 7) is 0. The summed E-state index contributed by atoms with van der Waals surface area (Å²) in [5.41, 5.74) is 1.09. The van der Waals surface area contributed by atoms with Gasteiger partial charge in [-0.2, -0.15) is 0 Å². The molecule has 0 spiro atoms. The monoisotopic (exact) mass is 273 g/mol. The molecule has 0 amide bonds.